The lowest BCUT2D eigenvalue weighted by Crippen LogP contribution is -2.40. The molecule has 0 fully saturated rings. The number of pyridine rings is 1. The van der Waals surface area contributed by atoms with E-state index in [1.807, 2.05) is 0 Å². The van der Waals surface area contributed by atoms with Crippen LogP contribution in [-0.2, 0) is 4.79 Å². The van der Waals surface area contributed by atoms with Crippen LogP contribution in [0.3, 0.4) is 0 Å². The Morgan fingerprint density at radius 1 is 1.65 bits per heavy atom. The predicted octanol–water partition coefficient (Wildman–Crippen LogP) is 0.980. The fourth-order valence-corrected chi connectivity index (χ4v) is 1.18. The number of hydrogen-bond donors (Lipinski definition) is 2. The SMILES string of the molecule is C=CCC(NC(=O)c1ccncc1F)C(=O)O. The summed E-state index contributed by atoms with van der Waals surface area (Å²) in [6.45, 7) is 3.38. The summed E-state index contributed by atoms with van der Waals surface area (Å²) in [5.74, 6) is -2.79. The second kappa shape index (κ2) is 5.74. The highest BCUT2D eigenvalue weighted by Gasteiger charge is 2.20. The number of nitrogens with zero attached hydrogens (tertiary/aromatic N) is 1. The third-order valence-corrected chi connectivity index (χ3v) is 2.02. The average Bonchev–Trinajstić information content (AvgIpc) is 2.28. The Bertz CT molecular complexity index is 448. The van der Waals surface area contributed by atoms with E-state index < -0.39 is 23.7 Å². The average molecular weight is 238 g/mol. The van der Waals surface area contributed by atoms with E-state index in [0.29, 0.717) is 0 Å². The highest BCUT2D eigenvalue weighted by atomic mass is 19.1. The number of aromatic nitrogens is 1. The Hall–Kier alpha value is -2.24. The molecule has 90 valence electrons. The minimum absolute atomic E-state index is 0.0633. The van der Waals surface area contributed by atoms with Gasteiger partial charge < -0.3 is 10.4 Å². The van der Waals surface area contributed by atoms with Gasteiger partial charge in [0.15, 0.2) is 5.82 Å². The molecule has 1 unspecified atom stereocenters. The van der Waals surface area contributed by atoms with Crippen molar-refractivity contribution in [2.24, 2.45) is 0 Å². The van der Waals surface area contributed by atoms with E-state index in [2.05, 4.69) is 16.9 Å². The molecule has 1 heterocycles. The zero-order valence-electron chi connectivity index (χ0n) is 8.89. The molecule has 0 aromatic carbocycles. The summed E-state index contributed by atoms with van der Waals surface area (Å²) in [5, 5.41) is 11.0. The van der Waals surface area contributed by atoms with Crippen LogP contribution >= 0.6 is 0 Å². The van der Waals surface area contributed by atoms with Crippen molar-refractivity contribution >= 4 is 11.9 Å². The van der Waals surface area contributed by atoms with E-state index in [9.17, 15) is 14.0 Å². The van der Waals surface area contributed by atoms with Crippen molar-refractivity contribution in [3.63, 3.8) is 0 Å². The number of amides is 1. The van der Waals surface area contributed by atoms with Gasteiger partial charge in [0.05, 0.1) is 11.8 Å². The molecule has 17 heavy (non-hydrogen) atoms. The first-order valence-corrected chi connectivity index (χ1v) is 4.80. The molecule has 1 aromatic heterocycles. The van der Waals surface area contributed by atoms with Crippen LogP contribution in [0.25, 0.3) is 0 Å². The fraction of sp³-hybridized carbons (Fsp3) is 0.182. The van der Waals surface area contributed by atoms with Crippen LogP contribution in [-0.4, -0.2) is 28.0 Å². The Labute approximate surface area is 97.0 Å². The van der Waals surface area contributed by atoms with Gasteiger partial charge in [-0.15, -0.1) is 6.58 Å². The standard InChI is InChI=1S/C11H11FN2O3/c1-2-3-9(11(16)17)14-10(15)7-4-5-13-6-8(7)12/h2,4-6,9H,1,3H2,(H,14,15)(H,16,17). The van der Waals surface area contributed by atoms with Gasteiger partial charge in [-0.05, 0) is 12.5 Å². The molecule has 0 saturated heterocycles. The van der Waals surface area contributed by atoms with Crippen molar-refractivity contribution in [3.05, 3.63) is 42.5 Å². The van der Waals surface area contributed by atoms with Gasteiger partial charge >= 0.3 is 5.97 Å². The highest BCUT2D eigenvalue weighted by Crippen LogP contribution is 2.05. The molecule has 0 aliphatic carbocycles. The molecule has 1 amide bonds. The predicted molar refractivity (Wildman–Crippen MR) is 57.9 cm³/mol. The molecule has 0 aliphatic heterocycles. The molecule has 2 N–H and O–H groups in total. The van der Waals surface area contributed by atoms with E-state index in [1.54, 1.807) is 0 Å². The highest BCUT2D eigenvalue weighted by molar-refractivity contribution is 5.96. The number of carbonyl (C=O) groups excluding carboxylic acids is 1. The van der Waals surface area contributed by atoms with Crippen molar-refractivity contribution in [1.29, 1.82) is 0 Å². The number of halogens is 1. The topological polar surface area (TPSA) is 79.3 Å². The smallest absolute Gasteiger partial charge is 0.326 e. The van der Waals surface area contributed by atoms with E-state index >= 15 is 0 Å². The number of carbonyl (C=O) groups is 2. The van der Waals surface area contributed by atoms with Gasteiger partial charge in [-0.25, -0.2) is 9.18 Å². The van der Waals surface area contributed by atoms with Crippen molar-refractivity contribution in [3.8, 4) is 0 Å². The van der Waals surface area contributed by atoms with E-state index in [-0.39, 0.29) is 12.0 Å². The van der Waals surface area contributed by atoms with Gasteiger partial charge in [0.25, 0.3) is 5.91 Å². The summed E-state index contributed by atoms with van der Waals surface area (Å²) in [4.78, 5) is 25.8. The Balaban J connectivity index is 2.81. The van der Waals surface area contributed by atoms with Crippen molar-refractivity contribution in [2.45, 2.75) is 12.5 Å². The first-order chi connectivity index (χ1) is 8.06. The molecule has 6 heteroatoms. The second-order valence-electron chi connectivity index (χ2n) is 3.24. The van der Waals surface area contributed by atoms with Crippen molar-refractivity contribution in [1.82, 2.24) is 10.3 Å². The minimum atomic E-state index is -1.20. The maximum atomic E-state index is 13.2. The molecule has 1 rings (SSSR count). The number of aliphatic carboxylic acids is 1. The van der Waals surface area contributed by atoms with E-state index in [1.165, 1.54) is 18.3 Å². The molecule has 0 aliphatic rings. The number of rotatable bonds is 5. The van der Waals surface area contributed by atoms with Crippen LogP contribution < -0.4 is 5.32 Å². The van der Waals surface area contributed by atoms with Gasteiger partial charge in [-0.2, -0.15) is 0 Å². The minimum Gasteiger partial charge on any atom is -0.480 e. The van der Waals surface area contributed by atoms with Gasteiger partial charge in [-0.1, -0.05) is 6.08 Å². The summed E-state index contributed by atoms with van der Waals surface area (Å²) >= 11 is 0. The molecule has 1 aromatic rings. The number of hydrogen-bond acceptors (Lipinski definition) is 3. The fourth-order valence-electron chi connectivity index (χ4n) is 1.18. The lowest BCUT2D eigenvalue weighted by Gasteiger charge is -2.12. The Morgan fingerprint density at radius 2 is 2.35 bits per heavy atom. The lowest BCUT2D eigenvalue weighted by molar-refractivity contribution is -0.139. The number of nitrogens with one attached hydrogen (secondary N) is 1. The first-order valence-electron chi connectivity index (χ1n) is 4.80. The third-order valence-electron chi connectivity index (χ3n) is 2.02. The summed E-state index contributed by atoms with van der Waals surface area (Å²) in [6.07, 6.45) is 3.56. The van der Waals surface area contributed by atoms with Crippen LogP contribution in [0.1, 0.15) is 16.8 Å². The van der Waals surface area contributed by atoms with Crippen LogP contribution in [0.4, 0.5) is 4.39 Å². The van der Waals surface area contributed by atoms with Crippen molar-refractivity contribution in [2.75, 3.05) is 0 Å². The van der Waals surface area contributed by atoms with Gasteiger partial charge in [0.2, 0.25) is 0 Å². The summed E-state index contributed by atoms with van der Waals surface area (Å²) < 4.78 is 13.2. The van der Waals surface area contributed by atoms with E-state index in [4.69, 9.17) is 5.11 Å². The molecule has 0 bridgehead atoms. The zero-order chi connectivity index (χ0) is 12.8. The monoisotopic (exact) mass is 238 g/mol. The van der Waals surface area contributed by atoms with Crippen LogP contribution in [0.15, 0.2) is 31.1 Å². The number of carboxylic acids is 1. The molecular weight excluding hydrogens is 227 g/mol. The molecular formula is C11H11FN2O3. The number of carboxylic acid groups (broad SMARTS) is 1. The maximum absolute atomic E-state index is 13.2. The normalized spacial score (nSPS) is 11.6. The van der Waals surface area contributed by atoms with Crippen LogP contribution in [0, 0.1) is 5.82 Å². The molecule has 1 atom stereocenters. The van der Waals surface area contributed by atoms with Gasteiger partial charge in [0.1, 0.15) is 6.04 Å². The Kier molecular flexibility index (Phi) is 4.33. The van der Waals surface area contributed by atoms with Gasteiger partial charge in [-0.3, -0.25) is 9.78 Å². The maximum Gasteiger partial charge on any atom is 0.326 e. The quantitative estimate of drug-likeness (QED) is 0.749. The molecule has 0 saturated carbocycles. The van der Waals surface area contributed by atoms with Crippen LogP contribution in [0.2, 0.25) is 0 Å². The summed E-state index contributed by atoms with van der Waals surface area (Å²) in [6, 6.07) is 0.0601. The summed E-state index contributed by atoms with van der Waals surface area (Å²) in [5.41, 5.74) is -0.240. The Morgan fingerprint density at radius 3 is 2.88 bits per heavy atom. The largest absolute Gasteiger partial charge is 0.480 e. The third kappa shape index (κ3) is 3.37. The second-order valence-corrected chi connectivity index (χ2v) is 3.24. The van der Waals surface area contributed by atoms with Crippen molar-refractivity contribution < 1.29 is 19.1 Å². The first kappa shape index (κ1) is 12.8. The zero-order valence-corrected chi connectivity index (χ0v) is 8.89. The lowest BCUT2D eigenvalue weighted by atomic mass is 10.1. The summed E-state index contributed by atoms with van der Waals surface area (Å²) in [7, 11) is 0. The van der Waals surface area contributed by atoms with Crippen LogP contribution in [0.5, 0.6) is 0 Å². The molecule has 0 radical (unpaired) electrons. The molecule has 5 nitrogen and oxygen atoms in total. The molecule has 0 spiro atoms. The van der Waals surface area contributed by atoms with Gasteiger partial charge in [0, 0.05) is 6.20 Å². The van der Waals surface area contributed by atoms with E-state index in [0.717, 1.165) is 6.20 Å².